The standard InChI is InChI=1S/C14H15ClN2/c15-13-3-1-2-11-9-17-14(8-12(11)13)10-4-6-16-7-5-10/h1-3,8-10,16H,4-7H2. The van der Waals surface area contributed by atoms with Gasteiger partial charge in [-0.3, -0.25) is 4.98 Å². The Labute approximate surface area is 106 Å². The molecule has 17 heavy (non-hydrogen) atoms. The van der Waals surface area contributed by atoms with Crippen LogP contribution in [0.5, 0.6) is 0 Å². The molecule has 0 radical (unpaired) electrons. The van der Waals surface area contributed by atoms with E-state index in [1.54, 1.807) is 0 Å². The first-order valence-electron chi connectivity index (χ1n) is 6.09. The van der Waals surface area contributed by atoms with Crippen molar-refractivity contribution in [1.82, 2.24) is 10.3 Å². The van der Waals surface area contributed by atoms with Crippen LogP contribution >= 0.6 is 11.6 Å². The van der Waals surface area contributed by atoms with Gasteiger partial charge in [-0.25, -0.2) is 0 Å². The second-order valence-electron chi connectivity index (χ2n) is 4.59. The zero-order chi connectivity index (χ0) is 11.7. The molecule has 1 N–H and O–H groups in total. The van der Waals surface area contributed by atoms with E-state index in [4.69, 9.17) is 11.6 Å². The topological polar surface area (TPSA) is 24.9 Å². The minimum atomic E-state index is 0.580. The maximum atomic E-state index is 6.23. The normalized spacial score (nSPS) is 17.5. The molecule has 1 aliphatic rings. The summed E-state index contributed by atoms with van der Waals surface area (Å²) < 4.78 is 0. The van der Waals surface area contributed by atoms with Crippen molar-refractivity contribution in [3.63, 3.8) is 0 Å². The molecule has 1 fully saturated rings. The molecular weight excluding hydrogens is 232 g/mol. The molecule has 0 atom stereocenters. The fourth-order valence-electron chi connectivity index (χ4n) is 2.49. The molecule has 2 heterocycles. The van der Waals surface area contributed by atoms with Gasteiger partial charge in [0.2, 0.25) is 0 Å². The summed E-state index contributed by atoms with van der Waals surface area (Å²) in [5, 5.41) is 6.44. The summed E-state index contributed by atoms with van der Waals surface area (Å²) in [4.78, 5) is 4.59. The van der Waals surface area contributed by atoms with Crippen molar-refractivity contribution in [3.8, 4) is 0 Å². The predicted octanol–water partition coefficient (Wildman–Crippen LogP) is 3.36. The number of hydrogen-bond acceptors (Lipinski definition) is 2. The lowest BCUT2D eigenvalue weighted by molar-refractivity contribution is 0.454. The minimum Gasteiger partial charge on any atom is -0.317 e. The Bertz CT molecular complexity index is 533. The van der Waals surface area contributed by atoms with Gasteiger partial charge in [-0.05, 0) is 38.1 Å². The highest BCUT2D eigenvalue weighted by Crippen LogP contribution is 2.29. The van der Waals surface area contributed by atoms with Crippen LogP contribution in [0.4, 0.5) is 0 Å². The van der Waals surface area contributed by atoms with Crippen molar-refractivity contribution in [3.05, 3.63) is 41.2 Å². The van der Waals surface area contributed by atoms with E-state index < -0.39 is 0 Å². The summed E-state index contributed by atoms with van der Waals surface area (Å²) in [5.74, 6) is 0.580. The van der Waals surface area contributed by atoms with E-state index >= 15 is 0 Å². The van der Waals surface area contributed by atoms with Crippen LogP contribution in [-0.2, 0) is 0 Å². The maximum Gasteiger partial charge on any atom is 0.0485 e. The first-order valence-corrected chi connectivity index (χ1v) is 6.47. The molecule has 0 unspecified atom stereocenters. The number of piperidine rings is 1. The monoisotopic (exact) mass is 246 g/mol. The Balaban J connectivity index is 2.03. The van der Waals surface area contributed by atoms with Gasteiger partial charge in [-0.2, -0.15) is 0 Å². The summed E-state index contributed by atoms with van der Waals surface area (Å²) >= 11 is 6.23. The highest BCUT2D eigenvalue weighted by Gasteiger charge is 2.16. The average molecular weight is 247 g/mol. The molecule has 1 saturated heterocycles. The number of benzene rings is 1. The van der Waals surface area contributed by atoms with Crippen LogP contribution in [0.25, 0.3) is 10.8 Å². The highest BCUT2D eigenvalue weighted by atomic mass is 35.5. The molecule has 3 heteroatoms. The van der Waals surface area contributed by atoms with E-state index in [-0.39, 0.29) is 0 Å². The Morgan fingerprint density at radius 2 is 2.06 bits per heavy atom. The van der Waals surface area contributed by atoms with Crippen molar-refractivity contribution >= 4 is 22.4 Å². The second kappa shape index (κ2) is 4.63. The van der Waals surface area contributed by atoms with Crippen LogP contribution in [0.1, 0.15) is 24.5 Å². The fraction of sp³-hybridized carbons (Fsp3) is 0.357. The molecule has 2 aromatic rings. The number of nitrogens with one attached hydrogen (secondary N) is 1. The Hall–Kier alpha value is -1.12. The highest BCUT2D eigenvalue weighted by molar-refractivity contribution is 6.35. The summed E-state index contributed by atoms with van der Waals surface area (Å²) in [6, 6.07) is 8.13. The maximum absolute atomic E-state index is 6.23. The van der Waals surface area contributed by atoms with Gasteiger partial charge in [0.15, 0.2) is 0 Å². The van der Waals surface area contributed by atoms with Crippen LogP contribution in [0.2, 0.25) is 5.02 Å². The summed E-state index contributed by atoms with van der Waals surface area (Å²) in [5.41, 5.74) is 1.19. The molecule has 0 amide bonds. The van der Waals surface area contributed by atoms with Crippen LogP contribution < -0.4 is 5.32 Å². The van der Waals surface area contributed by atoms with E-state index in [0.717, 1.165) is 28.9 Å². The number of halogens is 1. The number of aromatic nitrogens is 1. The van der Waals surface area contributed by atoms with Crippen LogP contribution in [0.3, 0.4) is 0 Å². The molecular formula is C14H15ClN2. The molecule has 0 bridgehead atoms. The van der Waals surface area contributed by atoms with Crippen molar-refractivity contribution in [1.29, 1.82) is 0 Å². The molecule has 1 aliphatic heterocycles. The van der Waals surface area contributed by atoms with Gasteiger partial charge < -0.3 is 5.32 Å². The first-order chi connectivity index (χ1) is 8.34. The van der Waals surface area contributed by atoms with Crippen molar-refractivity contribution in [2.45, 2.75) is 18.8 Å². The van der Waals surface area contributed by atoms with Crippen LogP contribution in [-0.4, -0.2) is 18.1 Å². The lowest BCUT2D eigenvalue weighted by atomic mass is 9.93. The number of pyridine rings is 1. The predicted molar refractivity (Wildman–Crippen MR) is 71.6 cm³/mol. The van der Waals surface area contributed by atoms with Gasteiger partial charge in [-0.15, -0.1) is 0 Å². The lowest BCUT2D eigenvalue weighted by Gasteiger charge is -2.22. The Morgan fingerprint density at radius 3 is 2.88 bits per heavy atom. The first kappa shape index (κ1) is 11.0. The third-order valence-electron chi connectivity index (χ3n) is 3.49. The van der Waals surface area contributed by atoms with Crippen molar-refractivity contribution in [2.24, 2.45) is 0 Å². The van der Waals surface area contributed by atoms with Gasteiger partial charge in [0.25, 0.3) is 0 Å². The third-order valence-corrected chi connectivity index (χ3v) is 3.82. The van der Waals surface area contributed by atoms with Gasteiger partial charge >= 0.3 is 0 Å². The summed E-state index contributed by atoms with van der Waals surface area (Å²) in [6.45, 7) is 2.18. The van der Waals surface area contributed by atoms with Gasteiger partial charge in [-0.1, -0.05) is 23.7 Å². The molecule has 0 saturated carbocycles. The van der Waals surface area contributed by atoms with E-state index in [1.165, 1.54) is 18.5 Å². The van der Waals surface area contributed by atoms with Crippen molar-refractivity contribution in [2.75, 3.05) is 13.1 Å². The smallest absolute Gasteiger partial charge is 0.0485 e. The summed E-state index contributed by atoms with van der Waals surface area (Å²) in [7, 11) is 0. The summed E-state index contributed by atoms with van der Waals surface area (Å²) in [6.07, 6.45) is 4.28. The number of nitrogens with zero attached hydrogens (tertiary/aromatic N) is 1. The molecule has 1 aromatic carbocycles. The number of rotatable bonds is 1. The Morgan fingerprint density at radius 1 is 1.24 bits per heavy atom. The van der Waals surface area contributed by atoms with E-state index in [0.29, 0.717) is 5.92 Å². The lowest BCUT2D eigenvalue weighted by Crippen LogP contribution is -2.27. The van der Waals surface area contributed by atoms with Crippen molar-refractivity contribution < 1.29 is 0 Å². The van der Waals surface area contributed by atoms with Crippen LogP contribution in [0.15, 0.2) is 30.5 Å². The molecule has 3 rings (SSSR count). The average Bonchev–Trinajstić information content (AvgIpc) is 2.40. The zero-order valence-electron chi connectivity index (χ0n) is 9.62. The van der Waals surface area contributed by atoms with Gasteiger partial charge in [0.05, 0.1) is 0 Å². The molecule has 2 nitrogen and oxygen atoms in total. The zero-order valence-corrected chi connectivity index (χ0v) is 10.4. The van der Waals surface area contributed by atoms with Gasteiger partial charge in [0.1, 0.15) is 0 Å². The number of hydrogen-bond donors (Lipinski definition) is 1. The quantitative estimate of drug-likeness (QED) is 0.835. The Kier molecular flexibility index (Phi) is 3.00. The second-order valence-corrected chi connectivity index (χ2v) is 5.00. The van der Waals surface area contributed by atoms with Crippen LogP contribution in [0, 0.1) is 0 Å². The van der Waals surface area contributed by atoms with E-state index in [2.05, 4.69) is 22.4 Å². The molecule has 0 aliphatic carbocycles. The van der Waals surface area contributed by atoms with Gasteiger partial charge in [0, 0.05) is 33.6 Å². The third kappa shape index (κ3) is 2.15. The SMILES string of the molecule is Clc1cccc2cnc(C3CCNCC3)cc12. The minimum absolute atomic E-state index is 0.580. The molecule has 88 valence electrons. The molecule has 1 aromatic heterocycles. The fourth-order valence-corrected chi connectivity index (χ4v) is 2.73. The largest absolute Gasteiger partial charge is 0.317 e. The number of fused-ring (bicyclic) bond motifs is 1. The molecule has 0 spiro atoms. The van der Waals surface area contributed by atoms with E-state index in [1.807, 2.05) is 18.3 Å². The van der Waals surface area contributed by atoms with E-state index in [9.17, 15) is 0 Å².